The van der Waals surface area contributed by atoms with Crippen LogP contribution in [0.5, 0.6) is 0 Å². The van der Waals surface area contributed by atoms with Crippen LogP contribution in [0.25, 0.3) is 0 Å². The molecule has 25 heavy (non-hydrogen) atoms. The fraction of sp³-hybridized carbons (Fsp3) is 0.500. The molecule has 1 aromatic rings. The van der Waals surface area contributed by atoms with E-state index in [1.807, 2.05) is 0 Å². The number of halogens is 1. The van der Waals surface area contributed by atoms with Gasteiger partial charge in [-0.1, -0.05) is 18.2 Å². The van der Waals surface area contributed by atoms with Crippen LogP contribution in [0.15, 0.2) is 24.3 Å². The highest BCUT2D eigenvalue weighted by molar-refractivity contribution is 5.82. The Kier molecular flexibility index (Phi) is 6.50. The summed E-state index contributed by atoms with van der Waals surface area (Å²) in [6, 6.07) is 6.38. The molecule has 0 saturated carbocycles. The molecule has 0 spiro atoms. The predicted molar refractivity (Wildman–Crippen MR) is 91.1 cm³/mol. The Hall–Kier alpha value is -2.44. The van der Waals surface area contributed by atoms with Crippen molar-refractivity contribution in [1.82, 2.24) is 15.1 Å². The van der Waals surface area contributed by atoms with Gasteiger partial charge in [-0.3, -0.25) is 14.4 Å². The number of rotatable bonds is 4. The molecule has 2 rings (SSSR count). The summed E-state index contributed by atoms with van der Waals surface area (Å²) < 4.78 is 13.7. The predicted octanol–water partition coefficient (Wildman–Crippen LogP) is 0.811. The van der Waals surface area contributed by atoms with Gasteiger partial charge in [0.05, 0.1) is 5.92 Å². The Morgan fingerprint density at radius 3 is 2.44 bits per heavy atom. The molecule has 0 radical (unpaired) electrons. The standard InChI is InChI=1S/C18H24FN3O3/c1-13(23)21-9-10-22(12-15(11-21)18(25)20-2)17(24)8-7-14-5-3-4-6-16(14)19/h3-6,15H,7-12H2,1-2H3,(H,20,25). The van der Waals surface area contributed by atoms with E-state index in [-0.39, 0.29) is 36.5 Å². The van der Waals surface area contributed by atoms with Crippen molar-refractivity contribution >= 4 is 17.7 Å². The number of hydrogen-bond donors (Lipinski definition) is 1. The maximum atomic E-state index is 13.7. The van der Waals surface area contributed by atoms with Crippen molar-refractivity contribution in [3.63, 3.8) is 0 Å². The van der Waals surface area contributed by atoms with E-state index in [1.54, 1.807) is 28.0 Å². The Morgan fingerprint density at radius 2 is 1.80 bits per heavy atom. The number of carbonyl (C=O) groups is 3. The van der Waals surface area contributed by atoms with E-state index in [2.05, 4.69) is 5.32 Å². The third-order valence-corrected chi connectivity index (χ3v) is 4.50. The van der Waals surface area contributed by atoms with Crippen molar-refractivity contribution in [3.8, 4) is 0 Å². The van der Waals surface area contributed by atoms with Gasteiger partial charge in [-0.05, 0) is 18.1 Å². The lowest BCUT2D eigenvalue weighted by Crippen LogP contribution is -2.42. The molecule has 0 bridgehead atoms. The minimum Gasteiger partial charge on any atom is -0.359 e. The highest BCUT2D eigenvalue weighted by Crippen LogP contribution is 2.14. The van der Waals surface area contributed by atoms with E-state index in [0.717, 1.165) is 0 Å². The normalized spacial score (nSPS) is 17.8. The topological polar surface area (TPSA) is 69.7 Å². The fourth-order valence-corrected chi connectivity index (χ4v) is 3.00. The molecular weight excluding hydrogens is 325 g/mol. The molecule has 6 nitrogen and oxygen atoms in total. The first-order chi connectivity index (χ1) is 11.9. The van der Waals surface area contributed by atoms with Crippen LogP contribution in [-0.4, -0.2) is 60.7 Å². The Balaban J connectivity index is 2.03. The van der Waals surface area contributed by atoms with E-state index >= 15 is 0 Å². The Bertz CT molecular complexity index is 650. The van der Waals surface area contributed by atoms with Crippen LogP contribution in [0.1, 0.15) is 18.9 Å². The molecule has 136 valence electrons. The SMILES string of the molecule is CNC(=O)C1CN(C(C)=O)CCN(C(=O)CCc2ccccc2F)C1. The van der Waals surface area contributed by atoms with Gasteiger partial charge in [0.15, 0.2) is 0 Å². The molecule has 1 unspecified atom stereocenters. The second-order valence-corrected chi connectivity index (χ2v) is 6.21. The van der Waals surface area contributed by atoms with Gasteiger partial charge in [0.1, 0.15) is 5.82 Å². The van der Waals surface area contributed by atoms with Gasteiger partial charge in [0, 0.05) is 46.6 Å². The van der Waals surface area contributed by atoms with Crippen molar-refractivity contribution in [2.24, 2.45) is 5.92 Å². The highest BCUT2D eigenvalue weighted by atomic mass is 19.1. The largest absolute Gasteiger partial charge is 0.359 e. The number of benzene rings is 1. The highest BCUT2D eigenvalue weighted by Gasteiger charge is 2.30. The number of nitrogens with one attached hydrogen (secondary N) is 1. The summed E-state index contributed by atoms with van der Waals surface area (Å²) in [4.78, 5) is 39.5. The molecule has 0 aromatic heterocycles. The number of aryl methyl sites for hydroxylation is 1. The van der Waals surface area contributed by atoms with E-state index in [4.69, 9.17) is 0 Å². The molecule has 1 atom stereocenters. The van der Waals surface area contributed by atoms with Gasteiger partial charge in [-0.15, -0.1) is 0 Å². The van der Waals surface area contributed by atoms with Crippen molar-refractivity contribution < 1.29 is 18.8 Å². The summed E-state index contributed by atoms with van der Waals surface area (Å²) in [7, 11) is 1.54. The third-order valence-electron chi connectivity index (χ3n) is 4.50. The van der Waals surface area contributed by atoms with E-state index < -0.39 is 5.92 Å². The second-order valence-electron chi connectivity index (χ2n) is 6.21. The number of hydrogen-bond acceptors (Lipinski definition) is 3. The smallest absolute Gasteiger partial charge is 0.226 e. The van der Waals surface area contributed by atoms with Crippen molar-refractivity contribution in [2.75, 3.05) is 33.2 Å². The molecule has 3 amide bonds. The zero-order valence-corrected chi connectivity index (χ0v) is 14.6. The molecule has 1 fully saturated rings. The maximum Gasteiger partial charge on any atom is 0.226 e. The zero-order valence-electron chi connectivity index (χ0n) is 14.6. The van der Waals surface area contributed by atoms with Crippen LogP contribution < -0.4 is 5.32 Å². The summed E-state index contributed by atoms with van der Waals surface area (Å²) in [5.41, 5.74) is 0.499. The van der Waals surface area contributed by atoms with Crippen molar-refractivity contribution in [2.45, 2.75) is 19.8 Å². The maximum absolute atomic E-state index is 13.7. The van der Waals surface area contributed by atoms with E-state index in [1.165, 1.54) is 20.0 Å². The first-order valence-corrected chi connectivity index (χ1v) is 8.40. The van der Waals surface area contributed by atoms with E-state index in [9.17, 15) is 18.8 Å². The van der Waals surface area contributed by atoms with E-state index in [0.29, 0.717) is 31.6 Å². The molecule has 1 aliphatic rings. The quantitative estimate of drug-likeness (QED) is 0.875. The third kappa shape index (κ3) is 5.01. The lowest BCUT2D eigenvalue weighted by atomic mass is 10.1. The second kappa shape index (κ2) is 8.60. The van der Waals surface area contributed by atoms with Gasteiger partial charge in [0.25, 0.3) is 0 Å². The van der Waals surface area contributed by atoms with Crippen molar-refractivity contribution in [3.05, 3.63) is 35.6 Å². The molecule has 1 aromatic carbocycles. The van der Waals surface area contributed by atoms with Crippen LogP contribution in [0, 0.1) is 11.7 Å². The fourth-order valence-electron chi connectivity index (χ4n) is 3.00. The monoisotopic (exact) mass is 349 g/mol. The zero-order chi connectivity index (χ0) is 18.4. The summed E-state index contributed by atoms with van der Waals surface area (Å²) in [6.45, 7) is 2.79. The van der Waals surface area contributed by atoms with Crippen LogP contribution in [0.2, 0.25) is 0 Å². The van der Waals surface area contributed by atoms with Gasteiger partial charge >= 0.3 is 0 Å². The summed E-state index contributed by atoms with van der Waals surface area (Å²) >= 11 is 0. The molecule has 1 N–H and O–H groups in total. The summed E-state index contributed by atoms with van der Waals surface area (Å²) in [5.74, 6) is -1.23. The van der Waals surface area contributed by atoms with Crippen LogP contribution in [0.3, 0.4) is 0 Å². The average Bonchev–Trinajstić information content (AvgIpc) is 2.83. The number of amides is 3. The number of nitrogens with zero attached hydrogens (tertiary/aromatic N) is 2. The molecule has 1 heterocycles. The number of carbonyl (C=O) groups excluding carboxylic acids is 3. The first kappa shape index (κ1) is 18.9. The lowest BCUT2D eigenvalue weighted by molar-refractivity contribution is -0.133. The van der Waals surface area contributed by atoms with Gasteiger partial charge in [0.2, 0.25) is 17.7 Å². The van der Waals surface area contributed by atoms with Crippen LogP contribution >= 0.6 is 0 Å². The average molecular weight is 349 g/mol. The van der Waals surface area contributed by atoms with Gasteiger partial charge in [-0.2, -0.15) is 0 Å². The molecular formula is C18H24FN3O3. The Labute approximate surface area is 147 Å². The van der Waals surface area contributed by atoms with Gasteiger partial charge in [-0.25, -0.2) is 4.39 Å². The van der Waals surface area contributed by atoms with Crippen LogP contribution in [0.4, 0.5) is 4.39 Å². The molecule has 1 aliphatic heterocycles. The molecule has 1 saturated heterocycles. The molecule has 7 heteroatoms. The summed E-state index contributed by atoms with van der Waals surface area (Å²) in [6.07, 6.45) is 0.477. The molecule has 0 aliphatic carbocycles. The minimum absolute atomic E-state index is 0.116. The van der Waals surface area contributed by atoms with Crippen LogP contribution in [-0.2, 0) is 20.8 Å². The minimum atomic E-state index is -0.464. The lowest BCUT2D eigenvalue weighted by Gasteiger charge is -2.23. The first-order valence-electron chi connectivity index (χ1n) is 8.40. The van der Waals surface area contributed by atoms with Gasteiger partial charge < -0.3 is 15.1 Å². The Morgan fingerprint density at radius 1 is 1.16 bits per heavy atom. The summed E-state index contributed by atoms with van der Waals surface area (Å²) in [5, 5.41) is 2.58. The van der Waals surface area contributed by atoms with Crippen molar-refractivity contribution in [1.29, 1.82) is 0 Å².